The Morgan fingerprint density at radius 3 is 2.43 bits per heavy atom. The first kappa shape index (κ1) is 19.2. The number of rotatable bonds is 10. The molecule has 7 heteroatoms. The van der Waals surface area contributed by atoms with Crippen LogP contribution in [0.1, 0.15) is 33.1 Å². The molecule has 0 aliphatic carbocycles. The third-order valence-electron chi connectivity index (χ3n) is 2.99. The van der Waals surface area contributed by atoms with Crippen LogP contribution in [0.4, 0.5) is 4.79 Å². The van der Waals surface area contributed by atoms with E-state index in [1.165, 1.54) is 0 Å². The number of nitrogens with zero attached hydrogens (tertiary/aromatic N) is 3. The Morgan fingerprint density at radius 1 is 1.29 bits per heavy atom. The number of hydrogen-bond acceptors (Lipinski definition) is 4. The van der Waals surface area contributed by atoms with Crippen molar-refractivity contribution >= 4 is 12.0 Å². The van der Waals surface area contributed by atoms with E-state index in [2.05, 4.69) is 0 Å². The van der Waals surface area contributed by atoms with E-state index < -0.39 is 5.97 Å². The molecule has 1 N–H and O–H groups in total. The molecule has 0 saturated carbocycles. The maximum atomic E-state index is 12.5. The van der Waals surface area contributed by atoms with Gasteiger partial charge in [0.25, 0.3) is 0 Å². The Labute approximate surface area is 126 Å². The van der Waals surface area contributed by atoms with Crippen molar-refractivity contribution in [2.45, 2.75) is 39.2 Å². The Bertz CT molecular complexity index is 366. The summed E-state index contributed by atoms with van der Waals surface area (Å²) >= 11 is 0. The first-order valence-corrected chi connectivity index (χ1v) is 7.07. The molecule has 0 saturated heterocycles. The van der Waals surface area contributed by atoms with Crippen molar-refractivity contribution in [2.75, 3.05) is 33.4 Å². The summed E-state index contributed by atoms with van der Waals surface area (Å²) in [6, 6.07) is 1.82. The van der Waals surface area contributed by atoms with Crippen LogP contribution in [0.5, 0.6) is 0 Å². The smallest absolute Gasteiger partial charge is 0.320 e. The minimum atomic E-state index is -0.869. The number of hydrogen-bond donors (Lipinski definition) is 1. The number of carbonyl (C=O) groups excluding carboxylic acids is 1. The molecule has 0 aromatic carbocycles. The van der Waals surface area contributed by atoms with Gasteiger partial charge in [0.15, 0.2) is 0 Å². The molecule has 0 fully saturated rings. The van der Waals surface area contributed by atoms with Crippen molar-refractivity contribution in [3.63, 3.8) is 0 Å². The van der Waals surface area contributed by atoms with Gasteiger partial charge in [0.1, 0.15) is 0 Å². The zero-order valence-corrected chi connectivity index (χ0v) is 13.0. The second kappa shape index (κ2) is 10.9. The number of carbonyl (C=O) groups is 2. The fourth-order valence-electron chi connectivity index (χ4n) is 1.85. The Kier molecular flexibility index (Phi) is 9.98. The molecule has 0 aromatic rings. The summed E-state index contributed by atoms with van der Waals surface area (Å²) < 4.78 is 4.98. The summed E-state index contributed by atoms with van der Waals surface area (Å²) in [5.74, 6) is -0.869. The highest BCUT2D eigenvalue weighted by molar-refractivity contribution is 5.75. The topological polar surface area (TPSA) is 93.9 Å². The average Bonchev–Trinajstić information content (AvgIpc) is 2.42. The highest BCUT2D eigenvalue weighted by Crippen LogP contribution is 2.08. The van der Waals surface area contributed by atoms with Crippen LogP contribution in [0.2, 0.25) is 0 Å². The van der Waals surface area contributed by atoms with E-state index >= 15 is 0 Å². The molecule has 0 aromatic heterocycles. The Hall–Kier alpha value is -1.81. The lowest BCUT2D eigenvalue weighted by Crippen LogP contribution is -2.48. The van der Waals surface area contributed by atoms with Crippen molar-refractivity contribution in [2.24, 2.45) is 0 Å². The van der Waals surface area contributed by atoms with Gasteiger partial charge in [-0.3, -0.25) is 4.79 Å². The number of methoxy groups -OCH3 is 1. The van der Waals surface area contributed by atoms with E-state index in [-0.39, 0.29) is 24.9 Å². The van der Waals surface area contributed by atoms with E-state index in [4.69, 9.17) is 15.1 Å². The normalized spacial score (nSPS) is 10.2. The molecule has 0 rings (SSSR count). The SMILES string of the molecule is COCCN(CCC#N)C(=O)N(CCCC(=O)O)C(C)C. The maximum Gasteiger partial charge on any atom is 0.320 e. The summed E-state index contributed by atoms with van der Waals surface area (Å²) in [6.45, 7) is 5.33. The van der Waals surface area contributed by atoms with Crippen molar-refractivity contribution in [1.82, 2.24) is 9.80 Å². The van der Waals surface area contributed by atoms with Crippen molar-refractivity contribution in [1.29, 1.82) is 5.26 Å². The van der Waals surface area contributed by atoms with Gasteiger partial charge >= 0.3 is 12.0 Å². The van der Waals surface area contributed by atoms with Gasteiger partial charge in [0.2, 0.25) is 0 Å². The Morgan fingerprint density at radius 2 is 1.95 bits per heavy atom. The second-order valence-corrected chi connectivity index (χ2v) is 4.95. The molecule has 0 spiro atoms. The molecule has 0 bridgehead atoms. The Balaban J connectivity index is 4.69. The number of nitriles is 1. The highest BCUT2D eigenvalue weighted by atomic mass is 16.5. The van der Waals surface area contributed by atoms with E-state index in [0.717, 1.165) is 0 Å². The minimum absolute atomic E-state index is 0.0292. The molecular weight excluding hydrogens is 274 g/mol. The predicted molar refractivity (Wildman–Crippen MR) is 77.8 cm³/mol. The van der Waals surface area contributed by atoms with E-state index in [1.54, 1.807) is 16.9 Å². The zero-order chi connectivity index (χ0) is 16.3. The van der Waals surface area contributed by atoms with E-state index in [1.807, 2.05) is 19.9 Å². The first-order valence-electron chi connectivity index (χ1n) is 7.07. The molecule has 120 valence electrons. The number of urea groups is 1. The van der Waals surface area contributed by atoms with Crippen LogP contribution in [0.15, 0.2) is 0 Å². The molecular formula is C14H25N3O4. The third-order valence-corrected chi connectivity index (χ3v) is 2.99. The van der Waals surface area contributed by atoms with Gasteiger partial charge in [-0.25, -0.2) is 4.79 Å². The molecule has 7 nitrogen and oxygen atoms in total. The van der Waals surface area contributed by atoms with Crippen LogP contribution in [-0.2, 0) is 9.53 Å². The largest absolute Gasteiger partial charge is 0.481 e. The first-order chi connectivity index (χ1) is 9.93. The highest BCUT2D eigenvalue weighted by Gasteiger charge is 2.22. The number of amides is 2. The van der Waals surface area contributed by atoms with Gasteiger partial charge in [-0.05, 0) is 20.3 Å². The molecule has 0 atom stereocenters. The lowest BCUT2D eigenvalue weighted by Gasteiger charge is -2.33. The van der Waals surface area contributed by atoms with E-state index in [0.29, 0.717) is 32.7 Å². The third kappa shape index (κ3) is 8.15. The summed E-state index contributed by atoms with van der Waals surface area (Å²) in [7, 11) is 1.56. The van der Waals surface area contributed by atoms with Crippen molar-refractivity contribution < 1.29 is 19.4 Å². The minimum Gasteiger partial charge on any atom is -0.481 e. The summed E-state index contributed by atoms with van der Waals surface area (Å²) in [5.41, 5.74) is 0. The van der Waals surface area contributed by atoms with Gasteiger partial charge < -0.3 is 19.6 Å². The molecule has 0 aliphatic rings. The van der Waals surface area contributed by atoms with Crippen molar-refractivity contribution in [3.05, 3.63) is 0 Å². The summed E-state index contributed by atoms with van der Waals surface area (Å²) in [5, 5.41) is 17.4. The van der Waals surface area contributed by atoms with Gasteiger partial charge in [-0.1, -0.05) is 0 Å². The summed E-state index contributed by atoms with van der Waals surface area (Å²) in [4.78, 5) is 26.3. The molecule has 2 amide bonds. The monoisotopic (exact) mass is 299 g/mol. The van der Waals surface area contributed by atoms with E-state index in [9.17, 15) is 9.59 Å². The van der Waals surface area contributed by atoms with Gasteiger partial charge in [-0.2, -0.15) is 5.26 Å². The number of carboxylic acid groups (broad SMARTS) is 1. The molecule has 0 heterocycles. The van der Waals surface area contributed by atoms with Crippen LogP contribution in [0.25, 0.3) is 0 Å². The number of aliphatic carboxylic acids is 1. The zero-order valence-electron chi connectivity index (χ0n) is 13.0. The van der Waals surface area contributed by atoms with Crippen LogP contribution in [0, 0.1) is 11.3 Å². The lowest BCUT2D eigenvalue weighted by molar-refractivity contribution is -0.137. The van der Waals surface area contributed by atoms with Gasteiger partial charge in [0.05, 0.1) is 19.1 Å². The van der Waals surface area contributed by atoms with Crippen LogP contribution in [-0.4, -0.2) is 66.3 Å². The van der Waals surface area contributed by atoms with Crippen molar-refractivity contribution in [3.8, 4) is 6.07 Å². The maximum absolute atomic E-state index is 12.5. The number of ether oxygens (including phenoxy) is 1. The predicted octanol–water partition coefficient (Wildman–Crippen LogP) is 1.54. The van der Waals surface area contributed by atoms with Gasteiger partial charge in [-0.15, -0.1) is 0 Å². The lowest BCUT2D eigenvalue weighted by atomic mass is 10.2. The molecule has 0 unspecified atom stereocenters. The molecule has 21 heavy (non-hydrogen) atoms. The fourth-order valence-corrected chi connectivity index (χ4v) is 1.85. The quantitative estimate of drug-likeness (QED) is 0.660. The molecule has 0 aliphatic heterocycles. The summed E-state index contributed by atoms with van der Waals surface area (Å²) in [6.07, 6.45) is 0.707. The van der Waals surface area contributed by atoms with Crippen LogP contribution >= 0.6 is 0 Å². The van der Waals surface area contributed by atoms with Crippen LogP contribution < -0.4 is 0 Å². The fraction of sp³-hybridized carbons (Fsp3) is 0.786. The number of carboxylic acids is 1. The average molecular weight is 299 g/mol. The standard InChI is InChI=1S/C14H25N3O4/c1-12(2)17(9-4-6-13(18)19)14(20)16(8-5-7-15)10-11-21-3/h12H,4-6,8-11H2,1-3H3,(H,18,19). The van der Waals surface area contributed by atoms with Gasteiger partial charge in [0, 0.05) is 39.2 Å². The molecule has 0 radical (unpaired) electrons. The van der Waals surface area contributed by atoms with Crippen LogP contribution in [0.3, 0.4) is 0 Å². The second-order valence-electron chi connectivity index (χ2n) is 4.95.